The van der Waals surface area contributed by atoms with Crippen LogP contribution in [-0.2, 0) is 9.59 Å². The average Bonchev–Trinajstić information content (AvgIpc) is 3.32. The standard InChI is InChI=1S/C20H22N4O3/c25-18-9-8-17(22-23-18)13-4-3-5-15(10-13)21-20(27)14-11-19(26)24(12-14)16-6-1-2-7-16/h3-5,8-10,14,16H,1-2,6-7,11-12H2,(H,21,27)(H,23,25). The Morgan fingerprint density at radius 2 is 1.96 bits per heavy atom. The molecule has 2 aliphatic rings. The number of amides is 2. The van der Waals surface area contributed by atoms with Crippen LogP contribution in [0.1, 0.15) is 32.1 Å². The molecule has 1 aromatic carbocycles. The minimum absolute atomic E-state index is 0.0910. The van der Waals surface area contributed by atoms with Gasteiger partial charge in [-0.05, 0) is 31.0 Å². The van der Waals surface area contributed by atoms with Crippen LogP contribution in [0.15, 0.2) is 41.2 Å². The number of rotatable bonds is 4. The van der Waals surface area contributed by atoms with Crippen molar-refractivity contribution in [2.45, 2.75) is 38.1 Å². The molecular formula is C20H22N4O3. The van der Waals surface area contributed by atoms with E-state index in [2.05, 4.69) is 15.5 Å². The van der Waals surface area contributed by atoms with Crippen LogP contribution in [0.25, 0.3) is 11.3 Å². The second kappa shape index (κ2) is 7.34. The highest BCUT2D eigenvalue weighted by Crippen LogP contribution is 2.30. The molecule has 0 spiro atoms. The fourth-order valence-electron chi connectivity index (χ4n) is 3.98. The number of likely N-dealkylation sites (tertiary alicyclic amines) is 1. The molecule has 1 aromatic heterocycles. The van der Waals surface area contributed by atoms with Crippen LogP contribution in [0.5, 0.6) is 0 Å². The number of carbonyl (C=O) groups is 2. The number of carbonyl (C=O) groups excluding carboxylic acids is 2. The first-order valence-corrected chi connectivity index (χ1v) is 9.36. The summed E-state index contributed by atoms with van der Waals surface area (Å²) in [6.45, 7) is 0.510. The number of aromatic amines is 1. The molecule has 1 saturated carbocycles. The molecule has 1 saturated heterocycles. The monoisotopic (exact) mass is 366 g/mol. The number of hydrogen-bond donors (Lipinski definition) is 2. The predicted molar refractivity (Wildman–Crippen MR) is 101 cm³/mol. The van der Waals surface area contributed by atoms with Gasteiger partial charge in [0.1, 0.15) is 0 Å². The largest absolute Gasteiger partial charge is 0.339 e. The number of nitrogens with one attached hydrogen (secondary N) is 2. The normalized spacial score (nSPS) is 20.2. The lowest BCUT2D eigenvalue weighted by Gasteiger charge is -2.23. The van der Waals surface area contributed by atoms with E-state index in [4.69, 9.17) is 0 Å². The fourth-order valence-corrected chi connectivity index (χ4v) is 3.98. The van der Waals surface area contributed by atoms with E-state index in [1.165, 1.54) is 6.07 Å². The number of aromatic nitrogens is 2. The Hall–Kier alpha value is -2.96. The zero-order valence-electron chi connectivity index (χ0n) is 15.0. The molecule has 0 bridgehead atoms. The number of benzene rings is 1. The molecular weight excluding hydrogens is 344 g/mol. The van der Waals surface area contributed by atoms with Gasteiger partial charge < -0.3 is 10.2 Å². The van der Waals surface area contributed by atoms with Gasteiger partial charge in [0, 0.05) is 36.3 Å². The van der Waals surface area contributed by atoms with Gasteiger partial charge in [-0.15, -0.1) is 0 Å². The highest BCUT2D eigenvalue weighted by Gasteiger charge is 2.38. The number of hydrogen-bond acceptors (Lipinski definition) is 4. The van der Waals surface area contributed by atoms with Crippen LogP contribution >= 0.6 is 0 Å². The first kappa shape index (κ1) is 17.5. The second-order valence-electron chi connectivity index (χ2n) is 7.26. The predicted octanol–water partition coefficient (Wildman–Crippen LogP) is 2.17. The van der Waals surface area contributed by atoms with E-state index in [0.717, 1.165) is 31.2 Å². The summed E-state index contributed by atoms with van der Waals surface area (Å²) in [5.74, 6) is -0.350. The van der Waals surface area contributed by atoms with Gasteiger partial charge in [0.25, 0.3) is 5.56 Å². The van der Waals surface area contributed by atoms with Gasteiger partial charge in [-0.3, -0.25) is 14.4 Å². The third-order valence-electron chi connectivity index (χ3n) is 5.40. The summed E-state index contributed by atoms with van der Waals surface area (Å²) < 4.78 is 0. The molecule has 1 aliphatic carbocycles. The fraction of sp³-hybridized carbons (Fsp3) is 0.400. The molecule has 2 N–H and O–H groups in total. The van der Waals surface area contributed by atoms with E-state index in [9.17, 15) is 14.4 Å². The van der Waals surface area contributed by atoms with Gasteiger partial charge in [-0.25, -0.2) is 5.10 Å². The number of anilines is 1. The van der Waals surface area contributed by atoms with Crippen molar-refractivity contribution >= 4 is 17.5 Å². The van der Waals surface area contributed by atoms with Crippen LogP contribution in [0.3, 0.4) is 0 Å². The quantitative estimate of drug-likeness (QED) is 0.867. The topological polar surface area (TPSA) is 95.2 Å². The molecule has 7 nitrogen and oxygen atoms in total. The summed E-state index contributed by atoms with van der Waals surface area (Å²) in [6.07, 6.45) is 4.71. The molecule has 2 heterocycles. The molecule has 2 aromatic rings. The van der Waals surface area contributed by atoms with Crippen molar-refractivity contribution in [3.8, 4) is 11.3 Å². The van der Waals surface area contributed by atoms with Crippen LogP contribution < -0.4 is 10.9 Å². The van der Waals surface area contributed by atoms with Crippen LogP contribution in [0.4, 0.5) is 5.69 Å². The minimum Gasteiger partial charge on any atom is -0.339 e. The van der Waals surface area contributed by atoms with Crippen LogP contribution in [0, 0.1) is 5.92 Å². The van der Waals surface area contributed by atoms with Crippen molar-refractivity contribution < 1.29 is 9.59 Å². The number of H-pyrrole nitrogens is 1. The van der Waals surface area contributed by atoms with E-state index < -0.39 is 0 Å². The summed E-state index contributed by atoms with van der Waals surface area (Å²) in [5, 5.41) is 9.33. The molecule has 0 radical (unpaired) electrons. The van der Waals surface area contributed by atoms with Crippen molar-refractivity contribution in [1.82, 2.24) is 15.1 Å². The molecule has 1 atom stereocenters. The van der Waals surface area contributed by atoms with E-state index in [0.29, 0.717) is 24.0 Å². The Morgan fingerprint density at radius 1 is 1.15 bits per heavy atom. The highest BCUT2D eigenvalue weighted by molar-refractivity contribution is 5.97. The maximum atomic E-state index is 12.7. The zero-order chi connectivity index (χ0) is 18.8. The Balaban J connectivity index is 1.44. The van der Waals surface area contributed by atoms with Crippen molar-refractivity contribution in [2.24, 2.45) is 5.92 Å². The van der Waals surface area contributed by atoms with Crippen molar-refractivity contribution in [3.63, 3.8) is 0 Å². The van der Waals surface area contributed by atoms with Gasteiger partial charge in [0.2, 0.25) is 11.8 Å². The molecule has 1 aliphatic heterocycles. The van der Waals surface area contributed by atoms with E-state index in [-0.39, 0.29) is 29.7 Å². The van der Waals surface area contributed by atoms with Gasteiger partial charge >= 0.3 is 0 Å². The van der Waals surface area contributed by atoms with E-state index in [1.807, 2.05) is 23.1 Å². The minimum atomic E-state index is -0.312. The zero-order valence-corrected chi connectivity index (χ0v) is 15.0. The lowest BCUT2D eigenvalue weighted by molar-refractivity contribution is -0.129. The van der Waals surface area contributed by atoms with E-state index in [1.54, 1.807) is 12.1 Å². The molecule has 27 heavy (non-hydrogen) atoms. The SMILES string of the molecule is O=C(Nc1cccc(-c2ccc(=O)[nH]n2)c1)C1CC(=O)N(C2CCCC2)C1. The molecule has 7 heteroatoms. The van der Waals surface area contributed by atoms with Crippen molar-refractivity contribution in [3.05, 3.63) is 46.8 Å². The Morgan fingerprint density at radius 3 is 2.70 bits per heavy atom. The summed E-state index contributed by atoms with van der Waals surface area (Å²) in [6, 6.07) is 10.6. The molecule has 1 unspecified atom stereocenters. The second-order valence-corrected chi connectivity index (χ2v) is 7.26. The summed E-state index contributed by atoms with van der Waals surface area (Å²) in [4.78, 5) is 38.0. The van der Waals surface area contributed by atoms with Gasteiger partial charge in [0.15, 0.2) is 0 Å². The third kappa shape index (κ3) is 3.77. The molecule has 2 amide bonds. The van der Waals surface area contributed by atoms with E-state index >= 15 is 0 Å². The third-order valence-corrected chi connectivity index (χ3v) is 5.40. The summed E-state index contributed by atoms with van der Waals surface area (Å²) in [5.41, 5.74) is 1.80. The Labute approximate surface area is 156 Å². The molecule has 2 fully saturated rings. The lowest BCUT2D eigenvalue weighted by atomic mass is 10.1. The smallest absolute Gasteiger partial charge is 0.264 e. The Bertz CT molecular complexity index is 897. The van der Waals surface area contributed by atoms with Crippen molar-refractivity contribution in [2.75, 3.05) is 11.9 Å². The Kier molecular flexibility index (Phi) is 4.75. The van der Waals surface area contributed by atoms with Crippen molar-refractivity contribution in [1.29, 1.82) is 0 Å². The molecule has 140 valence electrons. The van der Waals surface area contributed by atoms with Gasteiger partial charge in [-0.2, -0.15) is 5.10 Å². The highest BCUT2D eigenvalue weighted by atomic mass is 16.2. The molecule has 4 rings (SSSR count). The van der Waals surface area contributed by atoms with Crippen LogP contribution in [0.2, 0.25) is 0 Å². The average molecular weight is 366 g/mol. The van der Waals surface area contributed by atoms with Gasteiger partial charge in [0.05, 0.1) is 11.6 Å². The van der Waals surface area contributed by atoms with Gasteiger partial charge in [-0.1, -0.05) is 25.0 Å². The summed E-state index contributed by atoms with van der Waals surface area (Å²) in [7, 11) is 0. The maximum absolute atomic E-state index is 12.7. The number of nitrogens with zero attached hydrogens (tertiary/aromatic N) is 2. The maximum Gasteiger partial charge on any atom is 0.264 e. The first-order valence-electron chi connectivity index (χ1n) is 9.36. The lowest BCUT2D eigenvalue weighted by Crippen LogP contribution is -2.35. The summed E-state index contributed by atoms with van der Waals surface area (Å²) >= 11 is 0. The van der Waals surface area contributed by atoms with Crippen LogP contribution in [-0.4, -0.2) is 39.5 Å². The first-order chi connectivity index (χ1) is 13.1.